The van der Waals surface area contributed by atoms with Gasteiger partial charge in [0.1, 0.15) is 0 Å². The summed E-state index contributed by atoms with van der Waals surface area (Å²) in [4.78, 5) is 0. The Morgan fingerprint density at radius 2 is 0.286 bits per heavy atom. The van der Waals surface area contributed by atoms with Crippen molar-refractivity contribution in [2.24, 2.45) is 0 Å². The Bertz CT molecular complexity index is 1530. The van der Waals surface area contributed by atoms with Crippen LogP contribution in [0.4, 0.5) is 0 Å². The molecule has 0 fully saturated rings. The van der Waals surface area contributed by atoms with Crippen LogP contribution in [-0.4, -0.2) is 0 Å². The Morgan fingerprint density at radius 1 is 0.167 bits per heavy atom. The van der Waals surface area contributed by atoms with Gasteiger partial charge >= 0.3 is 0 Å². The fourth-order valence-electron chi connectivity index (χ4n) is 3.62. The number of rotatable bonds is 0. The molecule has 0 saturated heterocycles. The second-order valence-electron chi connectivity index (χ2n) is 7.82. The Morgan fingerprint density at radius 3 is 0.429 bits per heavy atom. The molecule has 0 saturated carbocycles. The van der Waals surface area contributed by atoms with Gasteiger partial charge in [0.15, 0.2) is 0 Å². The Kier molecular flexibility index (Phi) is 9.60. The summed E-state index contributed by atoms with van der Waals surface area (Å²) in [5, 5.41) is 8.77. The molecule has 0 amide bonds. The van der Waals surface area contributed by atoms with Crippen molar-refractivity contribution in [3.05, 3.63) is 97.9 Å². The molecule has 42 heavy (non-hydrogen) atoms. The minimum Gasteiger partial charge on any atom is -0.0884 e. The standard InChI is InChI=1S/C22H4S20/c1-2-24-5(23-1)7-27-9-10(28-7)32-13(31-9)15-35-17-18(36-15)40-21(39-17)22-41-19-20(42-22)38-16(37-19)14-33-11-12(34-14)30-8(29-11)6-25-3-4-26-6/h1-4H. The summed E-state index contributed by atoms with van der Waals surface area (Å²) in [5.74, 6) is 0. The number of thioether (sulfide) groups is 20. The van der Waals surface area contributed by atoms with Crippen molar-refractivity contribution in [1.29, 1.82) is 0 Å². The van der Waals surface area contributed by atoms with Gasteiger partial charge in [-0.2, -0.15) is 0 Å². The molecule has 20 heteroatoms. The smallest absolute Gasteiger partial charge is 0.0718 e. The predicted molar refractivity (Wildman–Crippen MR) is 233 cm³/mol. The molecular formula is C22H4S20. The van der Waals surface area contributed by atoms with Crippen molar-refractivity contribution in [2.75, 3.05) is 0 Å². The molecule has 0 aromatic rings. The summed E-state index contributed by atoms with van der Waals surface area (Å²) in [6, 6.07) is 0. The molecule has 0 radical (unpaired) electrons. The van der Waals surface area contributed by atoms with E-state index in [0.717, 1.165) is 0 Å². The SMILES string of the molecule is C1=CSC(=C2SC3=C(S2)SC(=C2SC4=C(S2)SC(=C2SC5=C(SC(=C6SC7=C(SC(=C8SC=CS8)S7)S6)S5)S2)S4)S3)S1. The first kappa shape index (κ1) is 30.9. The summed E-state index contributed by atoms with van der Waals surface area (Å²) in [6.07, 6.45) is 0. The lowest BCUT2D eigenvalue weighted by Gasteiger charge is -2.10. The van der Waals surface area contributed by atoms with Gasteiger partial charge in [-0.3, -0.25) is 0 Å². The predicted octanol–water partition coefficient (Wildman–Crippen LogP) is 16.9. The molecule has 10 rings (SSSR count). The zero-order chi connectivity index (χ0) is 27.4. The first-order chi connectivity index (χ1) is 20.7. The third-order valence-electron chi connectivity index (χ3n) is 5.28. The minimum absolute atomic E-state index is 1.44. The van der Waals surface area contributed by atoms with Crippen LogP contribution >= 0.6 is 235 Å². The van der Waals surface area contributed by atoms with Crippen molar-refractivity contribution < 1.29 is 0 Å². The average molecular weight is 910 g/mol. The molecule has 212 valence electrons. The highest BCUT2D eigenvalue weighted by Crippen LogP contribution is 2.78. The Hall–Kier alpha value is 4.14. The average Bonchev–Trinajstić information content (AvgIpc) is 3.79. The van der Waals surface area contributed by atoms with Crippen molar-refractivity contribution in [3.63, 3.8) is 0 Å². The molecule has 10 aliphatic heterocycles. The Balaban J connectivity index is 0.752. The fraction of sp³-hybridized carbons (Fsp3) is 0. The van der Waals surface area contributed by atoms with E-state index >= 15 is 0 Å². The molecule has 10 aliphatic rings. The summed E-state index contributed by atoms with van der Waals surface area (Å²) in [7, 11) is 0. The second-order valence-corrected chi connectivity index (χ2v) is 32.5. The van der Waals surface area contributed by atoms with Gasteiger partial charge in [0.05, 0.1) is 76.3 Å². The van der Waals surface area contributed by atoms with Gasteiger partial charge in [-0.05, 0) is 21.6 Å². The van der Waals surface area contributed by atoms with Crippen LogP contribution in [0.5, 0.6) is 0 Å². The molecule has 0 nitrogen and oxygen atoms in total. The monoisotopic (exact) mass is 907 g/mol. The van der Waals surface area contributed by atoms with E-state index in [4.69, 9.17) is 0 Å². The quantitative estimate of drug-likeness (QED) is 0.226. The van der Waals surface area contributed by atoms with Gasteiger partial charge < -0.3 is 0 Å². The van der Waals surface area contributed by atoms with E-state index in [0.29, 0.717) is 0 Å². The molecule has 0 aliphatic carbocycles. The zero-order valence-electron chi connectivity index (χ0n) is 19.5. The Labute approximate surface area is 327 Å². The topological polar surface area (TPSA) is 0 Å². The normalized spacial score (nSPS) is 28.4. The fourth-order valence-corrected chi connectivity index (χ4v) is 34.2. The maximum absolute atomic E-state index is 2.19. The highest BCUT2D eigenvalue weighted by molar-refractivity contribution is 8.54. The van der Waals surface area contributed by atoms with E-state index in [1.54, 1.807) is 0 Å². The van der Waals surface area contributed by atoms with Crippen LogP contribution in [0.1, 0.15) is 0 Å². The van der Waals surface area contributed by atoms with Crippen molar-refractivity contribution in [2.45, 2.75) is 0 Å². The third kappa shape index (κ3) is 5.89. The maximum Gasteiger partial charge on any atom is 0.0718 e. The van der Waals surface area contributed by atoms with Gasteiger partial charge in [-0.25, -0.2) is 0 Å². The molecule has 0 aromatic heterocycles. The summed E-state index contributed by atoms with van der Waals surface area (Å²) < 4.78 is 26.6. The zero-order valence-corrected chi connectivity index (χ0v) is 35.8. The van der Waals surface area contributed by atoms with Crippen LogP contribution in [0, 0.1) is 0 Å². The summed E-state index contributed by atoms with van der Waals surface area (Å²) >= 11 is 39.3. The number of hydrogen-bond donors (Lipinski definition) is 0. The number of hydrogen-bond acceptors (Lipinski definition) is 20. The lowest BCUT2D eigenvalue weighted by Crippen LogP contribution is -1.75. The van der Waals surface area contributed by atoms with Gasteiger partial charge in [-0.15, -0.1) is 0 Å². The van der Waals surface area contributed by atoms with Crippen LogP contribution in [-0.2, 0) is 0 Å². The van der Waals surface area contributed by atoms with Gasteiger partial charge in [0.2, 0.25) is 0 Å². The van der Waals surface area contributed by atoms with Crippen molar-refractivity contribution >= 4 is 235 Å². The lowest BCUT2D eigenvalue weighted by molar-refractivity contribution is 2.34. The molecule has 0 unspecified atom stereocenters. The highest BCUT2D eigenvalue weighted by Gasteiger charge is 2.42. The molecular weight excluding hydrogens is 906 g/mol. The van der Waals surface area contributed by atoms with E-state index in [1.807, 2.05) is 235 Å². The van der Waals surface area contributed by atoms with Crippen LogP contribution < -0.4 is 0 Å². The third-order valence-corrected chi connectivity index (χ3v) is 34.7. The van der Waals surface area contributed by atoms with E-state index in [-0.39, 0.29) is 0 Å². The van der Waals surface area contributed by atoms with Crippen LogP contribution in [0.15, 0.2) is 97.9 Å². The van der Waals surface area contributed by atoms with Gasteiger partial charge in [0, 0.05) is 0 Å². The molecule has 0 N–H and O–H groups in total. The van der Waals surface area contributed by atoms with Crippen LogP contribution in [0.25, 0.3) is 0 Å². The van der Waals surface area contributed by atoms with Crippen molar-refractivity contribution in [3.8, 4) is 0 Å². The molecule has 0 aromatic carbocycles. The van der Waals surface area contributed by atoms with Gasteiger partial charge in [-0.1, -0.05) is 235 Å². The summed E-state index contributed by atoms with van der Waals surface area (Å²) in [6.45, 7) is 0. The van der Waals surface area contributed by atoms with Crippen LogP contribution in [0.3, 0.4) is 0 Å². The van der Waals surface area contributed by atoms with E-state index < -0.39 is 0 Å². The maximum atomic E-state index is 2.19. The lowest BCUT2D eigenvalue weighted by atomic mass is 11.2. The van der Waals surface area contributed by atoms with E-state index in [9.17, 15) is 0 Å². The van der Waals surface area contributed by atoms with Crippen molar-refractivity contribution in [1.82, 2.24) is 0 Å². The molecule has 0 atom stereocenters. The first-order valence-electron chi connectivity index (χ1n) is 11.2. The van der Waals surface area contributed by atoms with Gasteiger partial charge in [0.25, 0.3) is 0 Å². The second kappa shape index (κ2) is 13.0. The van der Waals surface area contributed by atoms with E-state index in [1.165, 1.54) is 76.3 Å². The van der Waals surface area contributed by atoms with Crippen LogP contribution in [0.2, 0.25) is 0 Å². The van der Waals surface area contributed by atoms with E-state index in [2.05, 4.69) is 21.6 Å². The highest BCUT2D eigenvalue weighted by atomic mass is 32.3. The minimum atomic E-state index is 1.44. The molecule has 0 spiro atoms. The largest absolute Gasteiger partial charge is 0.0884 e. The molecule has 0 bridgehead atoms. The molecule has 10 heterocycles. The first-order valence-corrected chi connectivity index (χ1v) is 27.8. The summed E-state index contributed by atoms with van der Waals surface area (Å²) in [5.41, 5.74) is 0.